The standard InChI is InChI=1S/C21H23N5O2/c1-25(2)17-10-8-16(9-11-17)21(27)26-13-12-22-18(14-26)20-23-19(24-28-20)15-6-4-3-5-7-15/h3-11,18,22H,12-14H2,1-2H3. The zero-order chi connectivity index (χ0) is 19.5. The molecule has 0 saturated carbocycles. The molecule has 1 N–H and O–H groups in total. The van der Waals surface area contributed by atoms with E-state index in [9.17, 15) is 4.79 Å². The molecule has 1 aromatic heterocycles. The van der Waals surface area contributed by atoms with Gasteiger partial charge in [-0.25, -0.2) is 0 Å². The monoisotopic (exact) mass is 377 g/mol. The molecule has 1 unspecified atom stereocenters. The van der Waals surface area contributed by atoms with Crippen molar-refractivity contribution < 1.29 is 9.32 Å². The number of hydrogen-bond acceptors (Lipinski definition) is 6. The lowest BCUT2D eigenvalue weighted by molar-refractivity contribution is 0.0689. The molecule has 0 bridgehead atoms. The number of amides is 1. The lowest BCUT2D eigenvalue weighted by Gasteiger charge is -2.32. The summed E-state index contributed by atoms with van der Waals surface area (Å²) in [6.07, 6.45) is 0. The summed E-state index contributed by atoms with van der Waals surface area (Å²) in [4.78, 5) is 21.3. The van der Waals surface area contributed by atoms with Crippen LogP contribution in [0.25, 0.3) is 11.4 Å². The van der Waals surface area contributed by atoms with Crippen LogP contribution >= 0.6 is 0 Å². The maximum absolute atomic E-state index is 12.9. The van der Waals surface area contributed by atoms with E-state index in [-0.39, 0.29) is 11.9 Å². The molecule has 1 aliphatic heterocycles. The Morgan fingerprint density at radius 3 is 2.61 bits per heavy atom. The predicted molar refractivity (Wildman–Crippen MR) is 107 cm³/mol. The Kier molecular flexibility index (Phi) is 5.08. The highest BCUT2D eigenvalue weighted by Crippen LogP contribution is 2.22. The topological polar surface area (TPSA) is 74.5 Å². The number of nitrogens with zero attached hydrogens (tertiary/aromatic N) is 4. The van der Waals surface area contributed by atoms with Crippen molar-refractivity contribution in [3.05, 3.63) is 66.1 Å². The summed E-state index contributed by atoms with van der Waals surface area (Å²) in [5, 5.41) is 7.45. The number of anilines is 1. The molecule has 4 rings (SSSR count). The molecule has 0 radical (unpaired) electrons. The second-order valence-electron chi connectivity index (χ2n) is 7.02. The minimum Gasteiger partial charge on any atom is -0.378 e. The third kappa shape index (κ3) is 3.75. The summed E-state index contributed by atoms with van der Waals surface area (Å²) >= 11 is 0. The number of hydrogen-bond donors (Lipinski definition) is 1. The van der Waals surface area contributed by atoms with Gasteiger partial charge < -0.3 is 19.6 Å². The van der Waals surface area contributed by atoms with Gasteiger partial charge in [-0.05, 0) is 24.3 Å². The van der Waals surface area contributed by atoms with Crippen molar-refractivity contribution in [1.29, 1.82) is 0 Å². The molecule has 28 heavy (non-hydrogen) atoms. The summed E-state index contributed by atoms with van der Waals surface area (Å²) < 4.78 is 5.47. The van der Waals surface area contributed by atoms with Crippen LogP contribution in [0.4, 0.5) is 5.69 Å². The van der Waals surface area contributed by atoms with Gasteiger partial charge in [-0.3, -0.25) is 4.79 Å². The Morgan fingerprint density at radius 1 is 1.14 bits per heavy atom. The highest BCUT2D eigenvalue weighted by molar-refractivity contribution is 5.94. The molecule has 1 atom stereocenters. The molecule has 7 heteroatoms. The number of nitrogens with one attached hydrogen (secondary N) is 1. The minimum absolute atomic E-state index is 0.0135. The molecule has 0 spiro atoms. The number of piperazine rings is 1. The zero-order valence-electron chi connectivity index (χ0n) is 16.0. The fourth-order valence-electron chi connectivity index (χ4n) is 3.27. The van der Waals surface area contributed by atoms with Crippen LogP contribution in [0.3, 0.4) is 0 Å². The zero-order valence-corrected chi connectivity index (χ0v) is 16.0. The number of aromatic nitrogens is 2. The molecule has 1 aliphatic rings. The van der Waals surface area contributed by atoms with E-state index in [0.29, 0.717) is 36.9 Å². The summed E-state index contributed by atoms with van der Waals surface area (Å²) in [6, 6.07) is 17.2. The van der Waals surface area contributed by atoms with Crippen LogP contribution in [0.2, 0.25) is 0 Å². The van der Waals surface area contributed by atoms with Gasteiger partial charge in [0.05, 0.1) is 0 Å². The number of benzene rings is 2. The lowest BCUT2D eigenvalue weighted by Crippen LogP contribution is -2.48. The van der Waals surface area contributed by atoms with Crippen LogP contribution in [0.15, 0.2) is 59.1 Å². The highest BCUT2D eigenvalue weighted by atomic mass is 16.5. The number of carbonyl (C=O) groups excluding carboxylic acids is 1. The average Bonchev–Trinajstić information content (AvgIpc) is 3.24. The molecule has 1 fully saturated rings. The van der Waals surface area contributed by atoms with Crippen LogP contribution in [0.5, 0.6) is 0 Å². The normalized spacial score (nSPS) is 16.8. The van der Waals surface area contributed by atoms with E-state index in [1.54, 1.807) is 0 Å². The molecule has 3 aromatic rings. The smallest absolute Gasteiger partial charge is 0.253 e. The van der Waals surface area contributed by atoms with Crippen LogP contribution in [-0.2, 0) is 0 Å². The highest BCUT2D eigenvalue weighted by Gasteiger charge is 2.28. The summed E-state index contributed by atoms with van der Waals surface area (Å²) in [5.74, 6) is 1.07. The van der Waals surface area contributed by atoms with Gasteiger partial charge in [-0.1, -0.05) is 35.5 Å². The quantitative estimate of drug-likeness (QED) is 0.753. The molecule has 1 amide bonds. The van der Waals surface area contributed by atoms with Gasteiger partial charge >= 0.3 is 0 Å². The summed E-state index contributed by atoms with van der Waals surface area (Å²) in [6.45, 7) is 1.81. The Hall–Kier alpha value is -3.19. The Bertz CT molecular complexity index is 937. The van der Waals surface area contributed by atoms with E-state index in [0.717, 1.165) is 11.3 Å². The van der Waals surface area contributed by atoms with Crippen LogP contribution in [0.1, 0.15) is 22.3 Å². The van der Waals surface area contributed by atoms with Crippen molar-refractivity contribution in [3.8, 4) is 11.4 Å². The van der Waals surface area contributed by atoms with Gasteiger partial charge in [-0.15, -0.1) is 0 Å². The third-order valence-corrected chi connectivity index (χ3v) is 4.87. The number of rotatable bonds is 4. The van der Waals surface area contributed by atoms with E-state index in [1.807, 2.05) is 78.5 Å². The van der Waals surface area contributed by atoms with Crippen LogP contribution in [-0.4, -0.2) is 54.7 Å². The molecule has 0 aliphatic carbocycles. The first-order valence-electron chi connectivity index (χ1n) is 9.31. The SMILES string of the molecule is CN(C)c1ccc(C(=O)N2CCNC(c3nc(-c4ccccc4)no3)C2)cc1. The van der Waals surface area contributed by atoms with Crippen molar-refractivity contribution >= 4 is 11.6 Å². The summed E-state index contributed by atoms with van der Waals surface area (Å²) in [5.41, 5.74) is 2.65. The van der Waals surface area contributed by atoms with E-state index in [1.165, 1.54) is 0 Å². The van der Waals surface area contributed by atoms with Crippen molar-refractivity contribution in [1.82, 2.24) is 20.4 Å². The van der Waals surface area contributed by atoms with E-state index in [2.05, 4.69) is 15.5 Å². The third-order valence-electron chi connectivity index (χ3n) is 4.87. The Morgan fingerprint density at radius 2 is 1.89 bits per heavy atom. The van der Waals surface area contributed by atoms with Crippen LogP contribution in [0, 0.1) is 0 Å². The second-order valence-corrected chi connectivity index (χ2v) is 7.02. The van der Waals surface area contributed by atoms with E-state index < -0.39 is 0 Å². The van der Waals surface area contributed by atoms with Gasteiger partial charge in [0.15, 0.2) is 0 Å². The van der Waals surface area contributed by atoms with Gasteiger partial charge in [0.25, 0.3) is 5.91 Å². The van der Waals surface area contributed by atoms with E-state index >= 15 is 0 Å². The van der Waals surface area contributed by atoms with Crippen molar-refractivity contribution in [2.45, 2.75) is 6.04 Å². The predicted octanol–water partition coefficient (Wildman–Crippen LogP) is 2.59. The molecule has 1 saturated heterocycles. The largest absolute Gasteiger partial charge is 0.378 e. The van der Waals surface area contributed by atoms with Gasteiger partial charge in [0, 0.05) is 50.5 Å². The maximum atomic E-state index is 12.9. The number of carbonyl (C=O) groups is 1. The Balaban J connectivity index is 1.47. The molecule has 2 heterocycles. The average molecular weight is 377 g/mol. The minimum atomic E-state index is -0.177. The molecule has 2 aromatic carbocycles. The molecule has 7 nitrogen and oxygen atoms in total. The van der Waals surface area contributed by atoms with Gasteiger partial charge in [-0.2, -0.15) is 4.98 Å². The maximum Gasteiger partial charge on any atom is 0.253 e. The first-order valence-corrected chi connectivity index (χ1v) is 9.31. The first-order chi connectivity index (χ1) is 13.6. The molecular weight excluding hydrogens is 354 g/mol. The lowest BCUT2D eigenvalue weighted by atomic mass is 10.1. The fourth-order valence-corrected chi connectivity index (χ4v) is 3.27. The second kappa shape index (κ2) is 7.82. The van der Waals surface area contributed by atoms with E-state index in [4.69, 9.17) is 4.52 Å². The van der Waals surface area contributed by atoms with Gasteiger partial charge in [0.1, 0.15) is 6.04 Å². The summed E-state index contributed by atoms with van der Waals surface area (Å²) in [7, 11) is 3.96. The van der Waals surface area contributed by atoms with Crippen molar-refractivity contribution in [3.63, 3.8) is 0 Å². The fraction of sp³-hybridized carbons (Fsp3) is 0.286. The van der Waals surface area contributed by atoms with Crippen molar-refractivity contribution in [2.24, 2.45) is 0 Å². The van der Waals surface area contributed by atoms with Gasteiger partial charge in [0.2, 0.25) is 11.7 Å². The molecular formula is C21H23N5O2. The van der Waals surface area contributed by atoms with Crippen LogP contribution < -0.4 is 10.2 Å². The molecule has 144 valence electrons. The van der Waals surface area contributed by atoms with Crippen molar-refractivity contribution in [2.75, 3.05) is 38.6 Å². The Labute approximate surface area is 164 Å². The first kappa shape index (κ1) is 18.2.